The van der Waals surface area contributed by atoms with Gasteiger partial charge in [0.15, 0.2) is 0 Å². The van der Waals surface area contributed by atoms with Gasteiger partial charge < -0.3 is 10.6 Å². The second kappa shape index (κ2) is 7.42. The van der Waals surface area contributed by atoms with E-state index in [4.69, 9.17) is 0 Å². The number of rotatable bonds is 4. The van der Waals surface area contributed by atoms with E-state index in [1.54, 1.807) is 0 Å². The molecule has 2 heteroatoms. The number of hydrogen-bond acceptors (Lipinski definition) is 2. The van der Waals surface area contributed by atoms with E-state index in [9.17, 15) is 0 Å². The van der Waals surface area contributed by atoms with Gasteiger partial charge in [0.25, 0.3) is 0 Å². The molecule has 3 atom stereocenters. The molecule has 1 saturated heterocycles. The third-order valence-corrected chi connectivity index (χ3v) is 5.34. The highest BCUT2D eigenvalue weighted by Crippen LogP contribution is 2.30. The fourth-order valence-electron chi connectivity index (χ4n) is 4.21. The van der Waals surface area contributed by atoms with Gasteiger partial charge in [0.05, 0.1) is 0 Å². The SMILES string of the molecule is Cc1cccc(CNC2CCCCC2C2CCCCN2)c1. The van der Waals surface area contributed by atoms with Crippen molar-refractivity contribution in [3.63, 3.8) is 0 Å². The first-order valence-corrected chi connectivity index (χ1v) is 8.85. The summed E-state index contributed by atoms with van der Waals surface area (Å²) in [4.78, 5) is 0. The number of nitrogens with one attached hydrogen (secondary N) is 2. The van der Waals surface area contributed by atoms with Gasteiger partial charge in [-0.15, -0.1) is 0 Å². The van der Waals surface area contributed by atoms with Crippen molar-refractivity contribution in [1.29, 1.82) is 0 Å². The fourth-order valence-corrected chi connectivity index (χ4v) is 4.21. The van der Waals surface area contributed by atoms with Crippen LogP contribution in [0, 0.1) is 12.8 Å². The Morgan fingerprint density at radius 2 is 1.95 bits per heavy atom. The highest BCUT2D eigenvalue weighted by molar-refractivity contribution is 5.22. The minimum atomic E-state index is 0.704. The van der Waals surface area contributed by atoms with E-state index in [-0.39, 0.29) is 0 Å². The summed E-state index contributed by atoms with van der Waals surface area (Å²) in [5, 5.41) is 7.66. The van der Waals surface area contributed by atoms with Gasteiger partial charge in [0, 0.05) is 18.6 Å². The van der Waals surface area contributed by atoms with Crippen LogP contribution in [-0.2, 0) is 6.54 Å². The van der Waals surface area contributed by atoms with Gasteiger partial charge in [-0.1, -0.05) is 49.1 Å². The van der Waals surface area contributed by atoms with E-state index in [1.807, 2.05) is 0 Å². The Balaban J connectivity index is 1.58. The zero-order chi connectivity index (χ0) is 14.5. The summed E-state index contributed by atoms with van der Waals surface area (Å²) in [6, 6.07) is 10.4. The highest BCUT2D eigenvalue weighted by Gasteiger charge is 2.31. The largest absolute Gasteiger partial charge is 0.314 e. The molecule has 2 fully saturated rings. The minimum Gasteiger partial charge on any atom is -0.314 e. The Morgan fingerprint density at radius 1 is 1.10 bits per heavy atom. The predicted octanol–water partition coefficient (Wildman–Crippen LogP) is 3.79. The van der Waals surface area contributed by atoms with E-state index >= 15 is 0 Å². The van der Waals surface area contributed by atoms with Gasteiger partial charge in [-0.05, 0) is 50.6 Å². The number of benzene rings is 1. The zero-order valence-electron chi connectivity index (χ0n) is 13.4. The molecule has 1 saturated carbocycles. The average molecular weight is 286 g/mol. The van der Waals surface area contributed by atoms with Crippen LogP contribution in [0.4, 0.5) is 0 Å². The van der Waals surface area contributed by atoms with Crippen LogP contribution in [0.5, 0.6) is 0 Å². The lowest BCUT2D eigenvalue weighted by Crippen LogP contribution is -2.50. The van der Waals surface area contributed by atoms with Crippen LogP contribution in [0.25, 0.3) is 0 Å². The molecule has 116 valence electrons. The average Bonchev–Trinajstić information content (AvgIpc) is 2.54. The fraction of sp³-hybridized carbons (Fsp3) is 0.684. The Labute approximate surface area is 129 Å². The van der Waals surface area contributed by atoms with Crippen molar-refractivity contribution in [2.24, 2.45) is 5.92 Å². The maximum atomic E-state index is 3.87. The standard InChI is InChI=1S/C19H30N2/c1-15-7-6-8-16(13-15)14-21-19-10-3-2-9-17(19)18-11-4-5-12-20-18/h6-8,13,17-21H,2-5,9-12,14H2,1H3. The normalized spacial score (nSPS) is 30.2. The first kappa shape index (κ1) is 15.1. The van der Waals surface area contributed by atoms with Crippen molar-refractivity contribution in [2.45, 2.75) is 70.5 Å². The Bertz CT molecular complexity index is 437. The molecule has 1 aliphatic heterocycles. The maximum Gasteiger partial charge on any atom is 0.0208 e. The summed E-state index contributed by atoms with van der Waals surface area (Å²) in [6.45, 7) is 4.43. The molecule has 2 aliphatic rings. The van der Waals surface area contributed by atoms with E-state index in [2.05, 4.69) is 41.8 Å². The first-order chi connectivity index (χ1) is 10.3. The summed E-state index contributed by atoms with van der Waals surface area (Å²) in [5.41, 5.74) is 2.79. The zero-order valence-corrected chi connectivity index (χ0v) is 13.4. The molecule has 1 aromatic rings. The topological polar surface area (TPSA) is 24.1 Å². The van der Waals surface area contributed by atoms with Crippen molar-refractivity contribution in [3.05, 3.63) is 35.4 Å². The molecule has 0 aromatic heterocycles. The summed E-state index contributed by atoms with van der Waals surface area (Å²) in [7, 11) is 0. The number of aryl methyl sites for hydroxylation is 1. The summed E-state index contributed by atoms with van der Waals surface area (Å²) >= 11 is 0. The van der Waals surface area contributed by atoms with Gasteiger partial charge in [-0.25, -0.2) is 0 Å². The molecule has 1 aromatic carbocycles. The second-order valence-corrected chi connectivity index (χ2v) is 6.98. The van der Waals surface area contributed by atoms with E-state index in [1.165, 1.54) is 62.6 Å². The van der Waals surface area contributed by atoms with Crippen molar-refractivity contribution in [1.82, 2.24) is 10.6 Å². The molecule has 0 radical (unpaired) electrons. The van der Waals surface area contributed by atoms with Crippen LogP contribution >= 0.6 is 0 Å². The van der Waals surface area contributed by atoms with E-state index in [0.29, 0.717) is 6.04 Å². The van der Waals surface area contributed by atoms with Crippen molar-refractivity contribution in [3.8, 4) is 0 Å². The minimum absolute atomic E-state index is 0.704. The molecular formula is C19H30N2. The van der Waals surface area contributed by atoms with Crippen molar-refractivity contribution < 1.29 is 0 Å². The van der Waals surface area contributed by atoms with Gasteiger partial charge in [-0.3, -0.25) is 0 Å². The van der Waals surface area contributed by atoms with Gasteiger partial charge in [0.2, 0.25) is 0 Å². The van der Waals surface area contributed by atoms with Crippen LogP contribution in [-0.4, -0.2) is 18.6 Å². The Morgan fingerprint density at radius 3 is 2.76 bits per heavy atom. The molecule has 21 heavy (non-hydrogen) atoms. The molecule has 3 unspecified atom stereocenters. The van der Waals surface area contributed by atoms with Gasteiger partial charge >= 0.3 is 0 Å². The summed E-state index contributed by atoms with van der Waals surface area (Å²) < 4.78 is 0. The molecular weight excluding hydrogens is 256 g/mol. The van der Waals surface area contributed by atoms with Gasteiger partial charge in [0.1, 0.15) is 0 Å². The summed E-state index contributed by atoms with van der Waals surface area (Å²) in [6.07, 6.45) is 9.74. The van der Waals surface area contributed by atoms with E-state index in [0.717, 1.165) is 18.5 Å². The van der Waals surface area contributed by atoms with Crippen molar-refractivity contribution in [2.75, 3.05) is 6.54 Å². The van der Waals surface area contributed by atoms with Crippen LogP contribution in [0.3, 0.4) is 0 Å². The van der Waals surface area contributed by atoms with Crippen LogP contribution < -0.4 is 10.6 Å². The van der Waals surface area contributed by atoms with Crippen LogP contribution in [0.2, 0.25) is 0 Å². The van der Waals surface area contributed by atoms with E-state index < -0.39 is 0 Å². The smallest absolute Gasteiger partial charge is 0.0208 e. The second-order valence-electron chi connectivity index (χ2n) is 6.98. The molecule has 0 amide bonds. The number of hydrogen-bond donors (Lipinski definition) is 2. The lowest BCUT2D eigenvalue weighted by atomic mass is 9.77. The quantitative estimate of drug-likeness (QED) is 0.880. The Hall–Kier alpha value is -0.860. The molecule has 1 heterocycles. The lowest BCUT2D eigenvalue weighted by Gasteiger charge is -2.40. The van der Waals surface area contributed by atoms with Crippen LogP contribution in [0.1, 0.15) is 56.1 Å². The maximum absolute atomic E-state index is 3.87. The molecule has 2 N–H and O–H groups in total. The molecule has 0 spiro atoms. The molecule has 3 rings (SSSR count). The highest BCUT2D eigenvalue weighted by atomic mass is 15.0. The summed E-state index contributed by atoms with van der Waals surface area (Å²) in [5.74, 6) is 0.837. The predicted molar refractivity (Wildman–Crippen MR) is 89.4 cm³/mol. The third-order valence-electron chi connectivity index (χ3n) is 5.34. The number of piperidine rings is 1. The first-order valence-electron chi connectivity index (χ1n) is 8.85. The van der Waals surface area contributed by atoms with Gasteiger partial charge in [-0.2, -0.15) is 0 Å². The lowest BCUT2D eigenvalue weighted by molar-refractivity contribution is 0.181. The molecule has 0 bridgehead atoms. The van der Waals surface area contributed by atoms with Crippen LogP contribution in [0.15, 0.2) is 24.3 Å². The monoisotopic (exact) mass is 286 g/mol. The third kappa shape index (κ3) is 4.08. The Kier molecular flexibility index (Phi) is 5.32. The van der Waals surface area contributed by atoms with Crippen molar-refractivity contribution >= 4 is 0 Å². The molecule has 2 nitrogen and oxygen atoms in total. The molecule has 1 aliphatic carbocycles.